The summed E-state index contributed by atoms with van der Waals surface area (Å²) in [6.45, 7) is 4.57. The number of aromatic nitrogens is 2. The third-order valence-corrected chi connectivity index (χ3v) is 7.05. The Bertz CT molecular complexity index is 1040. The van der Waals surface area contributed by atoms with Crippen LogP contribution in [0, 0.1) is 5.41 Å². The summed E-state index contributed by atoms with van der Waals surface area (Å²) in [5.41, 5.74) is 5.89. The Balaban J connectivity index is 1.49. The fraction of sp³-hybridized carbons (Fsp3) is 0.478. The van der Waals surface area contributed by atoms with Gasteiger partial charge in [0.2, 0.25) is 5.91 Å². The largest absolute Gasteiger partial charge is 0.364 e. The monoisotopic (exact) mass is 457 g/mol. The van der Waals surface area contributed by atoms with Crippen molar-refractivity contribution in [3.05, 3.63) is 47.0 Å². The van der Waals surface area contributed by atoms with Gasteiger partial charge in [-0.2, -0.15) is 0 Å². The Morgan fingerprint density at radius 3 is 2.62 bits per heavy atom. The number of primary amides is 1. The van der Waals surface area contributed by atoms with E-state index >= 15 is 0 Å². The van der Waals surface area contributed by atoms with Crippen LogP contribution in [0.25, 0.3) is 0 Å². The molecule has 1 saturated carbocycles. The normalized spacial score (nSPS) is 23.2. The standard InChI is InChI=1S/C23H28ClN5O3/c1-14(2)29(21(31)19-18(20(25)30)26-13-27-19)16-6-8-23(9-7-16)10-11-28(22(23)32)17-5-3-4-15(24)12-17/h3-5,12-14,16H,6-11H2,1-2H3,(H2,25,30)(H,26,27). The van der Waals surface area contributed by atoms with Crippen molar-refractivity contribution in [1.82, 2.24) is 14.9 Å². The Labute approximate surface area is 192 Å². The molecule has 0 atom stereocenters. The summed E-state index contributed by atoms with van der Waals surface area (Å²) in [5, 5.41) is 0.611. The molecule has 2 aromatic rings. The van der Waals surface area contributed by atoms with Crippen molar-refractivity contribution in [2.24, 2.45) is 11.1 Å². The van der Waals surface area contributed by atoms with E-state index in [9.17, 15) is 14.4 Å². The van der Waals surface area contributed by atoms with Crippen molar-refractivity contribution in [2.45, 2.75) is 58.0 Å². The van der Waals surface area contributed by atoms with Crippen molar-refractivity contribution in [1.29, 1.82) is 0 Å². The number of nitrogens with one attached hydrogen (secondary N) is 1. The van der Waals surface area contributed by atoms with Crippen molar-refractivity contribution in [3.8, 4) is 0 Å². The fourth-order valence-corrected chi connectivity index (χ4v) is 5.39. The maximum atomic E-state index is 13.4. The maximum absolute atomic E-state index is 13.4. The van der Waals surface area contributed by atoms with Gasteiger partial charge in [-0.3, -0.25) is 14.4 Å². The second kappa shape index (κ2) is 8.58. The van der Waals surface area contributed by atoms with E-state index in [4.69, 9.17) is 17.3 Å². The molecule has 2 heterocycles. The van der Waals surface area contributed by atoms with E-state index in [1.807, 2.05) is 36.9 Å². The molecule has 3 amide bonds. The number of anilines is 1. The van der Waals surface area contributed by atoms with Crippen LogP contribution in [0.1, 0.15) is 66.9 Å². The van der Waals surface area contributed by atoms with E-state index in [-0.39, 0.29) is 35.3 Å². The quantitative estimate of drug-likeness (QED) is 0.716. The molecule has 2 aliphatic rings. The summed E-state index contributed by atoms with van der Waals surface area (Å²) >= 11 is 6.12. The van der Waals surface area contributed by atoms with Crippen molar-refractivity contribution >= 4 is 35.0 Å². The molecule has 0 bridgehead atoms. The first kappa shape index (κ1) is 22.3. The van der Waals surface area contributed by atoms with Gasteiger partial charge in [-0.15, -0.1) is 0 Å². The lowest BCUT2D eigenvalue weighted by Gasteiger charge is -2.42. The zero-order valence-corrected chi connectivity index (χ0v) is 19.1. The van der Waals surface area contributed by atoms with E-state index in [2.05, 4.69) is 9.97 Å². The van der Waals surface area contributed by atoms with Crippen LogP contribution in [-0.2, 0) is 4.79 Å². The lowest BCUT2D eigenvalue weighted by Crippen LogP contribution is -2.49. The highest BCUT2D eigenvalue weighted by Gasteiger charge is 2.50. The number of benzene rings is 1. The van der Waals surface area contributed by atoms with Crippen molar-refractivity contribution in [2.75, 3.05) is 11.4 Å². The van der Waals surface area contributed by atoms with Gasteiger partial charge in [0.1, 0.15) is 5.69 Å². The average molecular weight is 458 g/mol. The van der Waals surface area contributed by atoms with Crippen molar-refractivity contribution < 1.29 is 14.4 Å². The fourth-order valence-electron chi connectivity index (χ4n) is 5.20. The molecule has 1 aliphatic carbocycles. The zero-order chi connectivity index (χ0) is 23.0. The summed E-state index contributed by atoms with van der Waals surface area (Å²) in [6.07, 6.45) is 4.99. The molecule has 0 unspecified atom stereocenters. The summed E-state index contributed by atoms with van der Waals surface area (Å²) in [7, 11) is 0. The number of carbonyl (C=O) groups excluding carboxylic acids is 3. The van der Waals surface area contributed by atoms with E-state index < -0.39 is 11.3 Å². The van der Waals surface area contributed by atoms with Gasteiger partial charge in [-0.1, -0.05) is 17.7 Å². The summed E-state index contributed by atoms with van der Waals surface area (Å²) < 4.78 is 0. The minimum Gasteiger partial charge on any atom is -0.364 e. The van der Waals surface area contributed by atoms with Crippen LogP contribution < -0.4 is 10.6 Å². The number of aromatic amines is 1. The summed E-state index contributed by atoms with van der Waals surface area (Å²) in [5.74, 6) is -0.880. The third kappa shape index (κ3) is 3.88. The first-order valence-electron chi connectivity index (χ1n) is 11.0. The Hall–Kier alpha value is -2.87. The Morgan fingerprint density at radius 1 is 1.28 bits per heavy atom. The molecule has 1 spiro atoms. The molecule has 4 rings (SSSR count). The summed E-state index contributed by atoms with van der Waals surface area (Å²) in [4.78, 5) is 48.6. The molecule has 1 saturated heterocycles. The first-order chi connectivity index (χ1) is 15.2. The highest BCUT2D eigenvalue weighted by atomic mass is 35.5. The zero-order valence-electron chi connectivity index (χ0n) is 18.3. The van der Waals surface area contributed by atoms with Gasteiger partial charge in [0.05, 0.1) is 11.7 Å². The van der Waals surface area contributed by atoms with Gasteiger partial charge in [0, 0.05) is 29.3 Å². The van der Waals surface area contributed by atoms with Crippen LogP contribution in [0.4, 0.5) is 5.69 Å². The summed E-state index contributed by atoms with van der Waals surface area (Å²) in [6, 6.07) is 7.29. The number of carbonyl (C=O) groups is 3. The molecule has 3 N–H and O–H groups in total. The number of nitrogens with two attached hydrogens (primary N) is 1. The molecular weight excluding hydrogens is 430 g/mol. The molecule has 8 nitrogen and oxygen atoms in total. The third-order valence-electron chi connectivity index (χ3n) is 6.82. The van der Waals surface area contributed by atoms with Crippen molar-refractivity contribution in [3.63, 3.8) is 0 Å². The van der Waals surface area contributed by atoms with Gasteiger partial charge in [0.15, 0.2) is 5.69 Å². The molecule has 0 radical (unpaired) electrons. The molecule has 32 heavy (non-hydrogen) atoms. The minimum absolute atomic E-state index is 0.0230. The minimum atomic E-state index is -0.737. The van der Waals surface area contributed by atoms with Gasteiger partial charge >= 0.3 is 0 Å². The van der Waals surface area contributed by atoms with Crippen LogP contribution in [0.5, 0.6) is 0 Å². The number of nitrogens with zero attached hydrogens (tertiary/aromatic N) is 3. The number of hydrogen-bond acceptors (Lipinski definition) is 4. The van der Waals surface area contributed by atoms with Crippen LogP contribution in [-0.4, -0.2) is 51.2 Å². The van der Waals surface area contributed by atoms with Crippen LogP contribution in [0.2, 0.25) is 5.02 Å². The predicted octanol–water partition coefficient (Wildman–Crippen LogP) is 3.38. The smallest absolute Gasteiger partial charge is 0.273 e. The molecule has 170 valence electrons. The first-order valence-corrected chi connectivity index (χ1v) is 11.3. The van der Waals surface area contributed by atoms with E-state index in [1.165, 1.54) is 6.33 Å². The van der Waals surface area contributed by atoms with Gasteiger partial charge in [0.25, 0.3) is 11.8 Å². The average Bonchev–Trinajstić information content (AvgIpc) is 3.36. The predicted molar refractivity (Wildman–Crippen MR) is 122 cm³/mol. The Morgan fingerprint density at radius 2 is 2.00 bits per heavy atom. The Kier molecular flexibility index (Phi) is 5.99. The van der Waals surface area contributed by atoms with Gasteiger partial charge in [-0.05, 0) is 64.2 Å². The molecular formula is C23H28ClN5O3. The lowest BCUT2D eigenvalue weighted by molar-refractivity contribution is -0.127. The highest BCUT2D eigenvalue weighted by molar-refractivity contribution is 6.31. The topological polar surface area (TPSA) is 112 Å². The highest BCUT2D eigenvalue weighted by Crippen LogP contribution is 2.47. The number of amides is 3. The maximum Gasteiger partial charge on any atom is 0.273 e. The molecule has 1 aliphatic heterocycles. The van der Waals surface area contributed by atoms with E-state index in [0.29, 0.717) is 11.6 Å². The second-order valence-electron chi connectivity index (χ2n) is 8.99. The molecule has 2 fully saturated rings. The number of H-pyrrole nitrogens is 1. The number of halogens is 1. The second-order valence-corrected chi connectivity index (χ2v) is 9.43. The van der Waals surface area contributed by atoms with Gasteiger partial charge in [-0.25, -0.2) is 4.98 Å². The number of imidazole rings is 1. The van der Waals surface area contributed by atoms with Gasteiger partial charge < -0.3 is 20.5 Å². The molecule has 1 aromatic carbocycles. The van der Waals surface area contributed by atoms with E-state index in [1.54, 1.807) is 11.0 Å². The number of rotatable bonds is 5. The SMILES string of the molecule is CC(C)N(C(=O)c1[nH]cnc1C(N)=O)C1CCC2(CC1)CCN(c1cccc(Cl)c1)C2=O. The molecule has 9 heteroatoms. The lowest BCUT2D eigenvalue weighted by atomic mass is 9.71. The van der Waals surface area contributed by atoms with E-state index in [0.717, 1.165) is 37.8 Å². The van der Waals surface area contributed by atoms with Crippen LogP contribution >= 0.6 is 11.6 Å². The van der Waals surface area contributed by atoms with Crippen LogP contribution in [0.3, 0.4) is 0 Å². The number of hydrogen-bond donors (Lipinski definition) is 2. The van der Waals surface area contributed by atoms with Crippen LogP contribution in [0.15, 0.2) is 30.6 Å². The molecule has 1 aromatic heterocycles.